The number of hydrogen-bond acceptors (Lipinski definition) is 6. The van der Waals surface area contributed by atoms with Crippen LogP contribution in [0.3, 0.4) is 0 Å². The highest BCUT2D eigenvalue weighted by Gasteiger charge is 2.38. The van der Waals surface area contributed by atoms with Crippen molar-refractivity contribution < 1.29 is 14.0 Å². The summed E-state index contributed by atoms with van der Waals surface area (Å²) >= 11 is 2.49. The van der Waals surface area contributed by atoms with Crippen LogP contribution >= 0.6 is 23.5 Å². The maximum absolute atomic E-state index is 12.9. The van der Waals surface area contributed by atoms with Gasteiger partial charge in [0.1, 0.15) is 16.1 Å². The van der Waals surface area contributed by atoms with Gasteiger partial charge in [-0.3, -0.25) is 9.59 Å². The molecular weight excluding hydrogens is 311 g/mol. The SMILES string of the molecule is CSc1ncc2c(n1)SC(C(=O)c1ccc(F)cc1)C2=O. The summed E-state index contributed by atoms with van der Waals surface area (Å²) in [6.45, 7) is 0. The van der Waals surface area contributed by atoms with Crippen LogP contribution in [0.2, 0.25) is 0 Å². The van der Waals surface area contributed by atoms with E-state index >= 15 is 0 Å². The molecule has 1 aliphatic rings. The number of rotatable bonds is 3. The van der Waals surface area contributed by atoms with E-state index in [1.165, 1.54) is 42.2 Å². The molecule has 0 aliphatic carbocycles. The zero-order valence-corrected chi connectivity index (χ0v) is 12.5. The second-order valence-electron chi connectivity index (χ2n) is 4.31. The van der Waals surface area contributed by atoms with E-state index in [2.05, 4.69) is 9.97 Å². The fourth-order valence-corrected chi connectivity index (χ4v) is 3.47. The molecule has 1 atom stereocenters. The molecule has 0 saturated carbocycles. The lowest BCUT2D eigenvalue weighted by molar-refractivity contribution is 0.0906. The average molecular weight is 320 g/mol. The zero-order chi connectivity index (χ0) is 15.0. The predicted octanol–water partition coefficient (Wildman–Crippen LogP) is 2.88. The number of ketones is 2. The molecule has 7 heteroatoms. The molecule has 3 rings (SSSR count). The van der Waals surface area contributed by atoms with Gasteiger partial charge < -0.3 is 0 Å². The van der Waals surface area contributed by atoms with Crippen molar-refractivity contribution in [1.29, 1.82) is 0 Å². The third kappa shape index (κ3) is 2.58. The van der Waals surface area contributed by atoms with Gasteiger partial charge in [0.15, 0.2) is 16.7 Å². The minimum atomic E-state index is -0.864. The summed E-state index contributed by atoms with van der Waals surface area (Å²) in [7, 11) is 0. The second kappa shape index (κ2) is 5.57. The van der Waals surface area contributed by atoms with E-state index in [4.69, 9.17) is 0 Å². The largest absolute Gasteiger partial charge is 0.292 e. The van der Waals surface area contributed by atoms with Crippen LogP contribution in [0, 0.1) is 5.82 Å². The van der Waals surface area contributed by atoms with Crippen molar-refractivity contribution in [3.05, 3.63) is 47.4 Å². The number of benzene rings is 1. The van der Waals surface area contributed by atoms with Gasteiger partial charge >= 0.3 is 0 Å². The normalized spacial score (nSPS) is 16.9. The van der Waals surface area contributed by atoms with Crippen LogP contribution in [0.4, 0.5) is 4.39 Å². The van der Waals surface area contributed by atoms with Gasteiger partial charge in [0.25, 0.3) is 0 Å². The number of carbonyl (C=O) groups is 2. The van der Waals surface area contributed by atoms with Gasteiger partial charge in [-0.05, 0) is 30.5 Å². The van der Waals surface area contributed by atoms with Crippen LogP contribution in [-0.2, 0) is 0 Å². The third-order valence-electron chi connectivity index (χ3n) is 3.01. The fraction of sp³-hybridized carbons (Fsp3) is 0.143. The van der Waals surface area contributed by atoms with Crippen molar-refractivity contribution in [2.45, 2.75) is 15.4 Å². The Kier molecular flexibility index (Phi) is 3.77. The predicted molar refractivity (Wildman–Crippen MR) is 78.5 cm³/mol. The number of aromatic nitrogens is 2. The molecule has 0 N–H and O–H groups in total. The van der Waals surface area contributed by atoms with E-state index in [1.807, 2.05) is 6.26 Å². The highest BCUT2D eigenvalue weighted by molar-refractivity contribution is 8.02. The summed E-state index contributed by atoms with van der Waals surface area (Å²) in [5.41, 5.74) is 0.686. The van der Waals surface area contributed by atoms with Gasteiger partial charge in [-0.1, -0.05) is 23.5 Å². The number of thioether (sulfide) groups is 2. The van der Waals surface area contributed by atoms with Gasteiger partial charge in [-0.2, -0.15) is 0 Å². The standard InChI is InChI=1S/C14H9FN2O2S2/c1-20-14-16-6-9-11(19)12(21-13(9)17-14)10(18)7-2-4-8(15)5-3-7/h2-6,12H,1H3. The average Bonchev–Trinajstić information content (AvgIpc) is 2.83. The molecular formula is C14H9FN2O2S2. The van der Waals surface area contributed by atoms with E-state index < -0.39 is 11.1 Å². The molecule has 0 saturated heterocycles. The quantitative estimate of drug-likeness (QED) is 0.285. The van der Waals surface area contributed by atoms with Crippen LogP contribution in [0.5, 0.6) is 0 Å². The Labute approximate surface area is 128 Å². The van der Waals surface area contributed by atoms with Gasteiger partial charge in [-0.25, -0.2) is 14.4 Å². The van der Waals surface area contributed by atoms with E-state index in [0.29, 0.717) is 21.3 Å². The van der Waals surface area contributed by atoms with Gasteiger partial charge in [0.2, 0.25) is 0 Å². The van der Waals surface area contributed by atoms with E-state index in [9.17, 15) is 14.0 Å². The summed E-state index contributed by atoms with van der Waals surface area (Å²) in [4.78, 5) is 32.9. The molecule has 106 valence electrons. The number of nitrogens with zero attached hydrogens (tertiary/aromatic N) is 2. The molecule has 2 heterocycles. The molecule has 4 nitrogen and oxygen atoms in total. The molecule has 1 aromatic carbocycles. The Morgan fingerprint density at radius 3 is 2.71 bits per heavy atom. The molecule has 2 aromatic rings. The number of fused-ring (bicyclic) bond motifs is 1. The minimum absolute atomic E-state index is 0.294. The zero-order valence-electron chi connectivity index (χ0n) is 10.9. The van der Waals surface area contributed by atoms with Crippen LogP contribution in [0.1, 0.15) is 20.7 Å². The number of carbonyl (C=O) groups excluding carboxylic acids is 2. The van der Waals surface area contributed by atoms with Crippen molar-refractivity contribution in [3.63, 3.8) is 0 Å². The monoisotopic (exact) mass is 320 g/mol. The summed E-state index contributed by atoms with van der Waals surface area (Å²) < 4.78 is 12.9. The van der Waals surface area contributed by atoms with E-state index in [-0.39, 0.29) is 11.6 Å². The first-order chi connectivity index (χ1) is 10.1. The lowest BCUT2D eigenvalue weighted by Gasteiger charge is -2.05. The minimum Gasteiger partial charge on any atom is -0.292 e. The lowest BCUT2D eigenvalue weighted by atomic mass is 10.0. The first-order valence-corrected chi connectivity index (χ1v) is 8.12. The maximum Gasteiger partial charge on any atom is 0.188 e. The summed E-state index contributed by atoms with van der Waals surface area (Å²) in [6, 6.07) is 5.17. The number of Topliss-reactive ketones (excluding diaryl/α,β-unsaturated/α-hetero) is 2. The Morgan fingerprint density at radius 1 is 1.33 bits per heavy atom. The fourth-order valence-electron chi connectivity index (χ4n) is 1.95. The van der Waals surface area contributed by atoms with E-state index in [1.54, 1.807) is 0 Å². The third-order valence-corrected chi connectivity index (χ3v) is 4.77. The maximum atomic E-state index is 12.9. The van der Waals surface area contributed by atoms with Gasteiger partial charge in [0.05, 0.1) is 5.56 Å². The van der Waals surface area contributed by atoms with Crippen molar-refractivity contribution in [1.82, 2.24) is 9.97 Å². The van der Waals surface area contributed by atoms with Crippen molar-refractivity contribution in [2.75, 3.05) is 6.26 Å². The second-order valence-corrected chi connectivity index (χ2v) is 6.18. The molecule has 0 bridgehead atoms. The van der Waals surface area contributed by atoms with Crippen LogP contribution < -0.4 is 0 Å². The first-order valence-electron chi connectivity index (χ1n) is 6.02. The number of hydrogen-bond donors (Lipinski definition) is 0. The molecule has 1 aromatic heterocycles. The molecule has 1 aliphatic heterocycles. The summed E-state index contributed by atoms with van der Waals surface area (Å²) in [5.74, 6) is -1.05. The molecule has 21 heavy (non-hydrogen) atoms. The van der Waals surface area contributed by atoms with Crippen LogP contribution in [-0.4, -0.2) is 33.0 Å². The summed E-state index contributed by atoms with van der Waals surface area (Å²) in [6.07, 6.45) is 3.30. The molecule has 1 unspecified atom stereocenters. The Bertz CT molecular complexity index is 734. The Hall–Kier alpha value is -1.73. The van der Waals surface area contributed by atoms with E-state index in [0.717, 1.165) is 11.8 Å². The van der Waals surface area contributed by atoms with Crippen molar-refractivity contribution in [2.24, 2.45) is 0 Å². The first kappa shape index (κ1) is 14.2. The molecule has 0 radical (unpaired) electrons. The Balaban J connectivity index is 1.90. The molecule has 0 fully saturated rings. The van der Waals surface area contributed by atoms with Crippen molar-refractivity contribution in [3.8, 4) is 0 Å². The lowest BCUT2D eigenvalue weighted by Crippen LogP contribution is -2.23. The Morgan fingerprint density at radius 2 is 2.05 bits per heavy atom. The molecule has 0 amide bonds. The van der Waals surface area contributed by atoms with Crippen molar-refractivity contribution >= 4 is 35.1 Å². The van der Waals surface area contributed by atoms with Crippen LogP contribution in [0.15, 0.2) is 40.6 Å². The van der Waals surface area contributed by atoms with Crippen LogP contribution in [0.25, 0.3) is 0 Å². The number of halogens is 1. The molecule has 0 spiro atoms. The van der Waals surface area contributed by atoms with Gasteiger partial charge in [-0.15, -0.1) is 0 Å². The smallest absolute Gasteiger partial charge is 0.188 e. The highest BCUT2D eigenvalue weighted by atomic mass is 32.2. The highest BCUT2D eigenvalue weighted by Crippen LogP contribution is 2.37. The topological polar surface area (TPSA) is 59.9 Å². The van der Waals surface area contributed by atoms with Gasteiger partial charge in [0, 0.05) is 11.8 Å². The summed E-state index contributed by atoms with van der Waals surface area (Å²) in [5, 5.41) is 0.223.